The summed E-state index contributed by atoms with van der Waals surface area (Å²) in [6.07, 6.45) is 0. The van der Waals surface area contributed by atoms with Crippen LogP contribution >= 0.6 is 0 Å². The lowest BCUT2D eigenvalue weighted by molar-refractivity contribution is 0.902. The molecule has 0 aliphatic heterocycles. The standard InChI is InChI=1S/C10H14N4/c1-6-4-7(2)14-9(5-11)8(3)13-10(14)12-6/h4H,5,11H2,1-3H3. The van der Waals surface area contributed by atoms with Crippen LogP contribution in [0, 0.1) is 20.8 Å². The molecule has 2 aromatic rings. The van der Waals surface area contributed by atoms with Crippen LogP contribution in [0.4, 0.5) is 0 Å². The third kappa shape index (κ3) is 1.19. The molecule has 0 saturated carbocycles. The molecule has 0 amide bonds. The van der Waals surface area contributed by atoms with E-state index in [0.29, 0.717) is 6.54 Å². The molecule has 0 spiro atoms. The Morgan fingerprint density at radius 3 is 2.64 bits per heavy atom. The summed E-state index contributed by atoms with van der Waals surface area (Å²) >= 11 is 0. The molecule has 0 atom stereocenters. The van der Waals surface area contributed by atoms with E-state index in [1.165, 1.54) is 0 Å². The van der Waals surface area contributed by atoms with E-state index < -0.39 is 0 Å². The number of rotatable bonds is 1. The van der Waals surface area contributed by atoms with Crippen molar-refractivity contribution in [2.24, 2.45) is 5.73 Å². The minimum absolute atomic E-state index is 0.499. The topological polar surface area (TPSA) is 56.2 Å². The quantitative estimate of drug-likeness (QED) is 0.733. The summed E-state index contributed by atoms with van der Waals surface area (Å²) in [5.74, 6) is 0.750. The van der Waals surface area contributed by atoms with Gasteiger partial charge in [0.05, 0.1) is 11.4 Å². The number of imidazole rings is 1. The predicted octanol–water partition coefficient (Wildman–Crippen LogP) is 1.11. The number of aromatic nitrogens is 3. The Bertz CT molecular complexity index is 484. The monoisotopic (exact) mass is 190 g/mol. The molecule has 0 fully saturated rings. The number of hydrogen-bond acceptors (Lipinski definition) is 3. The molecule has 4 nitrogen and oxygen atoms in total. The third-order valence-electron chi connectivity index (χ3n) is 2.40. The molecule has 2 N–H and O–H groups in total. The Morgan fingerprint density at radius 2 is 2.00 bits per heavy atom. The largest absolute Gasteiger partial charge is 0.325 e. The highest BCUT2D eigenvalue weighted by Gasteiger charge is 2.09. The van der Waals surface area contributed by atoms with Crippen LogP contribution in [-0.4, -0.2) is 14.4 Å². The number of nitrogens with two attached hydrogens (primary N) is 1. The van der Waals surface area contributed by atoms with Crippen molar-refractivity contribution in [2.75, 3.05) is 0 Å². The lowest BCUT2D eigenvalue weighted by atomic mass is 10.3. The maximum absolute atomic E-state index is 5.68. The predicted molar refractivity (Wildman–Crippen MR) is 55.1 cm³/mol. The van der Waals surface area contributed by atoms with Gasteiger partial charge in [0.2, 0.25) is 5.78 Å². The van der Waals surface area contributed by atoms with Gasteiger partial charge in [0.25, 0.3) is 0 Å². The van der Waals surface area contributed by atoms with Gasteiger partial charge in [-0.15, -0.1) is 0 Å². The van der Waals surface area contributed by atoms with Crippen molar-refractivity contribution in [2.45, 2.75) is 27.3 Å². The van der Waals surface area contributed by atoms with Crippen molar-refractivity contribution in [1.29, 1.82) is 0 Å². The normalized spacial score (nSPS) is 11.1. The van der Waals surface area contributed by atoms with Crippen LogP contribution in [0.1, 0.15) is 22.8 Å². The first-order valence-corrected chi connectivity index (χ1v) is 4.65. The van der Waals surface area contributed by atoms with Gasteiger partial charge in [0.15, 0.2) is 0 Å². The smallest absolute Gasteiger partial charge is 0.234 e. The average Bonchev–Trinajstić information content (AvgIpc) is 2.40. The summed E-state index contributed by atoms with van der Waals surface area (Å²) < 4.78 is 2.02. The minimum Gasteiger partial charge on any atom is -0.325 e. The Morgan fingerprint density at radius 1 is 1.29 bits per heavy atom. The second-order valence-corrected chi connectivity index (χ2v) is 3.52. The Labute approximate surface area is 82.8 Å². The maximum atomic E-state index is 5.68. The molecule has 0 bridgehead atoms. The highest BCUT2D eigenvalue weighted by molar-refractivity contribution is 5.38. The van der Waals surface area contributed by atoms with Crippen molar-refractivity contribution in [3.8, 4) is 0 Å². The van der Waals surface area contributed by atoms with Gasteiger partial charge in [-0.05, 0) is 26.8 Å². The third-order valence-corrected chi connectivity index (χ3v) is 2.40. The minimum atomic E-state index is 0.499. The van der Waals surface area contributed by atoms with E-state index in [1.807, 2.05) is 31.2 Å². The highest BCUT2D eigenvalue weighted by atomic mass is 15.1. The zero-order valence-electron chi connectivity index (χ0n) is 8.70. The van der Waals surface area contributed by atoms with E-state index in [9.17, 15) is 0 Å². The molecule has 0 radical (unpaired) electrons. The lowest BCUT2D eigenvalue weighted by Gasteiger charge is -2.04. The van der Waals surface area contributed by atoms with Crippen LogP contribution in [0.2, 0.25) is 0 Å². The number of fused-ring (bicyclic) bond motifs is 1. The van der Waals surface area contributed by atoms with Crippen molar-refractivity contribution in [1.82, 2.24) is 14.4 Å². The summed E-state index contributed by atoms with van der Waals surface area (Å²) in [5, 5.41) is 0. The summed E-state index contributed by atoms with van der Waals surface area (Å²) in [6, 6.07) is 2.04. The molecule has 4 heteroatoms. The van der Waals surface area contributed by atoms with Crippen molar-refractivity contribution in [3.05, 3.63) is 28.8 Å². The van der Waals surface area contributed by atoms with E-state index in [-0.39, 0.29) is 0 Å². The molecule has 0 aromatic carbocycles. The summed E-state index contributed by atoms with van der Waals surface area (Å²) in [4.78, 5) is 8.74. The summed E-state index contributed by atoms with van der Waals surface area (Å²) in [6.45, 7) is 6.48. The van der Waals surface area contributed by atoms with Gasteiger partial charge in [0.1, 0.15) is 0 Å². The zero-order chi connectivity index (χ0) is 10.3. The van der Waals surface area contributed by atoms with E-state index in [2.05, 4.69) is 9.97 Å². The van der Waals surface area contributed by atoms with Crippen LogP contribution in [-0.2, 0) is 6.54 Å². The fourth-order valence-electron chi connectivity index (χ4n) is 1.79. The lowest BCUT2D eigenvalue weighted by Crippen LogP contribution is -2.05. The van der Waals surface area contributed by atoms with Gasteiger partial charge in [-0.1, -0.05) is 0 Å². The maximum Gasteiger partial charge on any atom is 0.234 e. The van der Waals surface area contributed by atoms with Gasteiger partial charge >= 0.3 is 0 Å². The second kappa shape index (κ2) is 3.06. The summed E-state index contributed by atoms with van der Waals surface area (Å²) in [5.41, 5.74) is 9.81. The van der Waals surface area contributed by atoms with Gasteiger partial charge in [-0.2, -0.15) is 0 Å². The Balaban J connectivity index is 2.88. The van der Waals surface area contributed by atoms with E-state index >= 15 is 0 Å². The van der Waals surface area contributed by atoms with Crippen molar-refractivity contribution >= 4 is 5.78 Å². The fraction of sp³-hybridized carbons (Fsp3) is 0.400. The number of aryl methyl sites for hydroxylation is 3. The molecule has 2 rings (SSSR count). The van der Waals surface area contributed by atoms with Gasteiger partial charge in [-0.3, -0.25) is 4.40 Å². The second-order valence-electron chi connectivity index (χ2n) is 3.52. The molecule has 74 valence electrons. The number of nitrogens with zero attached hydrogens (tertiary/aromatic N) is 3. The van der Waals surface area contributed by atoms with Crippen LogP contribution < -0.4 is 5.73 Å². The van der Waals surface area contributed by atoms with Crippen molar-refractivity contribution in [3.63, 3.8) is 0 Å². The van der Waals surface area contributed by atoms with Crippen LogP contribution in [0.25, 0.3) is 5.78 Å². The summed E-state index contributed by atoms with van der Waals surface area (Å²) in [7, 11) is 0. The van der Waals surface area contributed by atoms with Crippen LogP contribution in [0.15, 0.2) is 6.07 Å². The molecule has 0 aliphatic rings. The molecule has 0 aliphatic carbocycles. The Kier molecular flexibility index (Phi) is 2.00. The molecular formula is C10H14N4. The Hall–Kier alpha value is -1.42. The zero-order valence-corrected chi connectivity index (χ0v) is 8.70. The first kappa shape index (κ1) is 9.15. The van der Waals surface area contributed by atoms with Gasteiger partial charge in [0, 0.05) is 17.9 Å². The van der Waals surface area contributed by atoms with Gasteiger partial charge < -0.3 is 5.73 Å². The molecule has 0 saturated heterocycles. The van der Waals surface area contributed by atoms with Crippen LogP contribution in [0.3, 0.4) is 0 Å². The SMILES string of the molecule is Cc1cc(C)n2c(CN)c(C)nc2n1. The van der Waals surface area contributed by atoms with E-state index in [1.54, 1.807) is 0 Å². The number of hydrogen-bond donors (Lipinski definition) is 1. The molecule has 14 heavy (non-hydrogen) atoms. The molecular weight excluding hydrogens is 176 g/mol. The van der Waals surface area contributed by atoms with E-state index in [4.69, 9.17) is 5.73 Å². The average molecular weight is 190 g/mol. The van der Waals surface area contributed by atoms with E-state index in [0.717, 1.165) is 28.6 Å². The van der Waals surface area contributed by atoms with Crippen LogP contribution in [0.5, 0.6) is 0 Å². The first-order valence-electron chi connectivity index (χ1n) is 4.65. The fourth-order valence-corrected chi connectivity index (χ4v) is 1.79. The highest BCUT2D eigenvalue weighted by Crippen LogP contribution is 2.13. The molecule has 0 unspecified atom stereocenters. The van der Waals surface area contributed by atoms with Gasteiger partial charge in [-0.25, -0.2) is 9.97 Å². The molecule has 2 aromatic heterocycles. The van der Waals surface area contributed by atoms with Crippen molar-refractivity contribution < 1.29 is 0 Å². The first-order chi connectivity index (χ1) is 6.63. The molecule has 2 heterocycles.